The van der Waals surface area contributed by atoms with E-state index in [1.807, 2.05) is 0 Å². The normalized spacial score (nSPS) is 29.2. The Bertz CT molecular complexity index is 291. The van der Waals surface area contributed by atoms with Crippen LogP contribution in [0.25, 0.3) is 0 Å². The van der Waals surface area contributed by atoms with Gasteiger partial charge in [-0.05, 0) is 17.7 Å². The number of hydrogen-bond donors (Lipinski definition) is 0. The fourth-order valence-corrected chi connectivity index (χ4v) is 1.86. The third-order valence-corrected chi connectivity index (χ3v) is 2.21. The predicted octanol–water partition coefficient (Wildman–Crippen LogP) is 2.73. The molecule has 6 heteroatoms. The van der Waals surface area contributed by atoms with Crippen molar-refractivity contribution in [2.24, 2.45) is 0 Å². The Morgan fingerprint density at radius 3 is 2.83 bits per heavy atom. The first-order valence-corrected chi connectivity index (χ1v) is 4.19. The molecule has 0 saturated carbocycles. The van der Waals surface area contributed by atoms with Gasteiger partial charge in [-0.15, -0.1) is 0 Å². The molecule has 1 unspecified atom stereocenters. The molecule has 0 amide bonds. The van der Waals surface area contributed by atoms with Crippen LogP contribution in [0, 0.1) is 10.1 Å². The lowest BCUT2D eigenvalue weighted by Crippen LogP contribution is -2.31. The fourth-order valence-electron chi connectivity index (χ4n) is 0.859. The minimum absolute atomic E-state index is 0.290. The van der Waals surface area contributed by atoms with Crippen LogP contribution in [0.15, 0.2) is 22.5 Å². The number of nitrogens with zero attached hydrogens (tertiary/aromatic N) is 1. The van der Waals surface area contributed by atoms with E-state index < -0.39 is 22.2 Å². The Morgan fingerprint density at radius 1 is 1.83 bits per heavy atom. The maximum Gasteiger partial charge on any atom is 0.321 e. The maximum absolute atomic E-state index is 12.7. The van der Waals surface area contributed by atoms with E-state index in [-0.39, 0.29) is 4.48 Å². The summed E-state index contributed by atoms with van der Waals surface area (Å²) in [6.45, 7) is 0. The molecule has 0 fully saturated rings. The van der Waals surface area contributed by atoms with Crippen LogP contribution in [0.5, 0.6) is 0 Å². The highest BCUT2D eigenvalue weighted by Gasteiger charge is 2.41. The Balaban J connectivity index is 3.00. The lowest BCUT2D eigenvalue weighted by molar-refractivity contribution is -0.528. The minimum atomic E-state index is -1.84. The topological polar surface area (TPSA) is 43.1 Å². The van der Waals surface area contributed by atoms with Crippen LogP contribution in [-0.2, 0) is 0 Å². The molecule has 0 aromatic heterocycles. The van der Waals surface area contributed by atoms with E-state index >= 15 is 0 Å². The summed E-state index contributed by atoms with van der Waals surface area (Å²) in [5.74, 6) is -0.601. The first kappa shape index (κ1) is 9.67. The monoisotopic (exact) mass is 255 g/mol. The molecule has 0 heterocycles. The smallest absolute Gasteiger partial charge is 0.262 e. The van der Waals surface area contributed by atoms with Crippen molar-refractivity contribution in [3.8, 4) is 0 Å². The van der Waals surface area contributed by atoms with Crippen LogP contribution < -0.4 is 0 Å². The van der Waals surface area contributed by atoms with E-state index in [4.69, 9.17) is 11.6 Å². The van der Waals surface area contributed by atoms with Crippen molar-refractivity contribution in [2.45, 2.75) is 11.4 Å². The maximum atomic E-state index is 12.7. The van der Waals surface area contributed by atoms with E-state index in [0.717, 1.165) is 12.2 Å². The van der Waals surface area contributed by atoms with Gasteiger partial charge in [-0.2, -0.15) is 0 Å². The van der Waals surface area contributed by atoms with Crippen molar-refractivity contribution < 1.29 is 9.31 Å². The van der Waals surface area contributed by atoms with Crippen molar-refractivity contribution in [3.63, 3.8) is 0 Å². The first-order valence-electron chi connectivity index (χ1n) is 3.02. The zero-order valence-corrected chi connectivity index (χ0v) is 8.10. The van der Waals surface area contributed by atoms with Crippen LogP contribution in [0.1, 0.15) is 6.42 Å². The van der Waals surface area contributed by atoms with Crippen molar-refractivity contribution >= 4 is 27.5 Å². The van der Waals surface area contributed by atoms with Crippen molar-refractivity contribution in [1.82, 2.24) is 0 Å². The molecule has 12 heavy (non-hydrogen) atoms. The molecular weight excluding hydrogens is 252 g/mol. The average Bonchev–Trinajstić information content (AvgIpc) is 1.82. The third kappa shape index (κ3) is 1.84. The Morgan fingerprint density at radius 2 is 2.42 bits per heavy atom. The van der Waals surface area contributed by atoms with E-state index in [9.17, 15) is 14.5 Å². The molecule has 1 rings (SSSR count). The van der Waals surface area contributed by atoms with Crippen LogP contribution >= 0.6 is 27.5 Å². The van der Waals surface area contributed by atoms with Crippen LogP contribution in [0.4, 0.5) is 4.39 Å². The molecule has 0 aliphatic heterocycles. The van der Waals surface area contributed by atoms with Gasteiger partial charge in [0, 0.05) is 15.5 Å². The second-order valence-corrected chi connectivity index (χ2v) is 3.94. The molecule has 0 bridgehead atoms. The fraction of sp³-hybridized carbons (Fsp3) is 0.333. The number of alkyl halides is 1. The number of rotatable bonds is 1. The van der Waals surface area contributed by atoms with Gasteiger partial charge in [-0.3, -0.25) is 10.1 Å². The summed E-state index contributed by atoms with van der Waals surface area (Å²) in [4.78, 5) is 7.83. The molecule has 0 saturated heterocycles. The van der Waals surface area contributed by atoms with Crippen LogP contribution in [0.3, 0.4) is 0 Å². The molecule has 0 radical (unpaired) electrons. The molecule has 0 N–H and O–H groups in total. The zero-order valence-electron chi connectivity index (χ0n) is 5.76. The molecule has 66 valence electrons. The molecule has 1 aliphatic carbocycles. The summed E-state index contributed by atoms with van der Waals surface area (Å²) < 4.78 is 13.0. The minimum Gasteiger partial charge on any atom is -0.262 e. The van der Waals surface area contributed by atoms with Crippen LogP contribution in [-0.4, -0.2) is 9.92 Å². The quantitative estimate of drug-likeness (QED) is 0.313. The van der Waals surface area contributed by atoms with Gasteiger partial charge in [0.05, 0.1) is 6.42 Å². The van der Waals surface area contributed by atoms with Crippen molar-refractivity contribution in [2.75, 3.05) is 0 Å². The van der Waals surface area contributed by atoms with Crippen molar-refractivity contribution in [3.05, 3.63) is 32.6 Å². The van der Waals surface area contributed by atoms with Gasteiger partial charge in [-0.25, -0.2) is 4.39 Å². The second-order valence-electron chi connectivity index (χ2n) is 2.37. The second kappa shape index (κ2) is 3.14. The largest absolute Gasteiger partial charge is 0.321 e. The third-order valence-electron chi connectivity index (χ3n) is 1.37. The van der Waals surface area contributed by atoms with E-state index in [1.54, 1.807) is 0 Å². The highest BCUT2D eigenvalue weighted by Crippen LogP contribution is 2.34. The van der Waals surface area contributed by atoms with Gasteiger partial charge in [0.2, 0.25) is 0 Å². The first-order chi connectivity index (χ1) is 5.44. The Hall–Kier alpha value is -0.420. The molecule has 1 aliphatic rings. The van der Waals surface area contributed by atoms with Gasteiger partial charge in [0.15, 0.2) is 0 Å². The van der Waals surface area contributed by atoms with Crippen molar-refractivity contribution in [1.29, 1.82) is 0 Å². The van der Waals surface area contributed by atoms with Gasteiger partial charge < -0.3 is 0 Å². The number of allylic oxidation sites excluding steroid dienone is 2. The predicted molar refractivity (Wildman–Crippen MR) is 46.4 cm³/mol. The molecule has 1 atom stereocenters. The lowest BCUT2D eigenvalue weighted by atomic mass is 10.1. The van der Waals surface area contributed by atoms with Gasteiger partial charge in [0.25, 0.3) is 0 Å². The molecular formula is C6H4BrClFNO2. The Kier molecular flexibility index (Phi) is 2.53. The molecule has 0 spiro atoms. The Labute approximate surface area is 81.2 Å². The van der Waals surface area contributed by atoms with E-state index in [2.05, 4.69) is 15.9 Å². The summed E-state index contributed by atoms with van der Waals surface area (Å²) >= 11 is 8.44. The molecule has 0 aromatic rings. The zero-order chi connectivity index (χ0) is 9.35. The van der Waals surface area contributed by atoms with E-state index in [0.29, 0.717) is 0 Å². The summed E-state index contributed by atoms with van der Waals surface area (Å²) in [5, 5.41) is 10.4. The number of halogens is 3. The standard InChI is InChI=1S/C6H4BrClFNO2/c7-4-1-5(9)3-6(8,2-4)10(11)12/h1-2H,3H2. The van der Waals surface area contributed by atoms with Gasteiger partial charge >= 0.3 is 5.00 Å². The number of nitro groups is 1. The van der Waals surface area contributed by atoms with Crippen LogP contribution in [0.2, 0.25) is 0 Å². The molecule has 3 nitrogen and oxygen atoms in total. The summed E-state index contributed by atoms with van der Waals surface area (Å²) in [6, 6.07) is 0. The number of hydrogen-bond acceptors (Lipinski definition) is 2. The lowest BCUT2D eigenvalue weighted by Gasteiger charge is -2.16. The highest BCUT2D eigenvalue weighted by atomic mass is 79.9. The highest BCUT2D eigenvalue weighted by molar-refractivity contribution is 9.11. The summed E-state index contributed by atoms with van der Waals surface area (Å²) in [7, 11) is 0. The van der Waals surface area contributed by atoms with E-state index in [1.165, 1.54) is 0 Å². The van der Waals surface area contributed by atoms with Gasteiger partial charge in [-0.1, -0.05) is 15.9 Å². The average molecular weight is 256 g/mol. The van der Waals surface area contributed by atoms with Gasteiger partial charge in [0.1, 0.15) is 5.83 Å². The SMILES string of the molecule is O=[N+]([O-])C1(Cl)C=C(Br)C=C(F)C1. The summed E-state index contributed by atoms with van der Waals surface area (Å²) in [5.41, 5.74) is 0. The summed E-state index contributed by atoms with van der Waals surface area (Å²) in [6.07, 6.45) is 1.92. The molecule has 0 aromatic carbocycles.